The Balaban J connectivity index is 1.57. The number of rotatable bonds is 7. The van der Waals surface area contributed by atoms with Crippen LogP contribution in [0.1, 0.15) is 37.3 Å². The molecule has 0 saturated heterocycles. The van der Waals surface area contributed by atoms with Crippen LogP contribution >= 0.6 is 15.8 Å². The monoisotopic (exact) mass is 474 g/mol. The smallest absolute Gasteiger partial charge is 0.133 e. The van der Waals surface area contributed by atoms with Crippen molar-refractivity contribution in [1.29, 1.82) is 0 Å². The Morgan fingerprint density at radius 2 is 1.27 bits per heavy atom. The predicted octanol–water partition coefficient (Wildman–Crippen LogP) is 6.61. The van der Waals surface area contributed by atoms with Gasteiger partial charge in [-0.2, -0.15) is 0 Å². The maximum absolute atomic E-state index is 6.00. The SMILES string of the molecule is Cc1ccccc1P(c1ccccc1C)[C@H](C)C1CCCC1P(c1ccco1)c1ccco1. The van der Waals surface area contributed by atoms with Gasteiger partial charge in [0.25, 0.3) is 0 Å². The average Bonchev–Trinajstić information content (AvgIpc) is 3.61. The molecule has 0 bridgehead atoms. The fraction of sp³-hybridized carbons (Fsp3) is 0.310. The summed E-state index contributed by atoms with van der Waals surface area (Å²) >= 11 is 0. The van der Waals surface area contributed by atoms with Gasteiger partial charge < -0.3 is 8.83 Å². The molecule has 3 atom stereocenters. The molecule has 4 aromatic rings. The molecule has 0 aliphatic heterocycles. The summed E-state index contributed by atoms with van der Waals surface area (Å²) in [6, 6.07) is 26.4. The van der Waals surface area contributed by atoms with Crippen molar-refractivity contribution in [3.8, 4) is 0 Å². The largest absolute Gasteiger partial charge is 0.464 e. The van der Waals surface area contributed by atoms with Crippen molar-refractivity contribution in [1.82, 2.24) is 0 Å². The molecule has 0 spiro atoms. The van der Waals surface area contributed by atoms with Crippen LogP contribution in [0.5, 0.6) is 0 Å². The fourth-order valence-electron chi connectivity index (χ4n) is 5.53. The predicted molar refractivity (Wildman–Crippen MR) is 143 cm³/mol. The summed E-state index contributed by atoms with van der Waals surface area (Å²) in [5, 5.41) is 3.06. The van der Waals surface area contributed by atoms with Crippen LogP contribution in [0.3, 0.4) is 0 Å². The summed E-state index contributed by atoms with van der Waals surface area (Å²) in [4.78, 5) is 0. The first-order chi connectivity index (χ1) is 16.1. The van der Waals surface area contributed by atoms with Crippen LogP contribution in [0.2, 0.25) is 0 Å². The van der Waals surface area contributed by atoms with Gasteiger partial charge in [-0.3, -0.25) is 0 Å². The van der Waals surface area contributed by atoms with E-state index in [0.29, 0.717) is 17.2 Å². The first kappa shape index (κ1) is 22.6. The molecule has 170 valence electrons. The van der Waals surface area contributed by atoms with Gasteiger partial charge in [-0.1, -0.05) is 61.9 Å². The second kappa shape index (κ2) is 10.0. The number of benzene rings is 2. The molecule has 1 aliphatic rings. The van der Waals surface area contributed by atoms with Crippen molar-refractivity contribution in [2.75, 3.05) is 0 Å². The van der Waals surface area contributed by atoms with Crippen molar-refractivity contribution in [3.63, 3.8) is 0 Å². The van der Waals surface area contributed by atoms with Crippen molar-refractivity contribution < 1.29 is 8.83 Å². The molecular weight excluding hydrogens is 442 g/mol. The van der Waals surface area contributed by atoms with E-state index < -0.39 is 15.8 Å². The highest BCUT2D eigenvalue weighted by Gasteiger charge is 2.43. The maximum atomic E-state index is 6.00. The van der Waals surface area contributed by atoms with Gasteiger partial charge in [0.2, 0.25) is 0 Å². The minimum absolute atomic E-state index is 0.482. The Morgan fingerprint density at radius 1 is 0.727 bits per heavy atom. The first-order valence-electron chi connectivity index (χ1n) is 11.9. The molecule has 1 fully saturated rings. The second-order valence-electron chi connectivity index (χ2n) is 9.12. The molecule has 0 amide bonds. The topological polar surface area (TPSA) is 26.3 Å². The summed E-state index contributed by atoms with van der Waals surface area (Å²) in [7, 11) is -1.13. The highest BCUT2D eigenvalue weighted by atomic mass is 31.1. The van der Waals surface area contributed by atoms with E-state index in [1.165, 1.54) is 41.0 Å². The normalized spacial score (nSPS) is 19.4. The van der Waals surface area contributed by atoms with Crippen molar-refractivity contribution in [2.45, 2.75) is 51.4 Å². The van der Waals surface area contributed by atoms with E-state index >= 15 is 0 Å². The van der Waals surface area contributed by atoms with Crippen molar-refractivity contribution >= 4 is 37.5 Å². The quantitative estimate of drug-likeness (QED) is 0.282. The number of hydrogen-bond donors (Lipinski definition) is 0. The molecule has 2 unspecified atom stereocenters. The summed E-state index contributed by atoms with van der Waals surface area (Å²) in [5.74, 6) is 0.636. The van der Waals surface area contributed by atoms with Gasteiger partial charge in [-0.25, -0.2) is 0 Å². The Hall–Kier alpha value is -2.14. The zero-order chi connectivity index (χ0) is 22.8. The van der Waals surface area contributed by atoms with Crippen molar-refractivity contribution in [3.05, 3.63) is 96.4 Å². The molecule has 0 N–H and O–H groups in total. The molecule has 2 nitrogen and oxygen atoms in total. The molecule has 1 aliphatic carbocycles. The van der Waals surface area contributed by atoms with E-state index in [1.807, 2.05) is 24.7 Å². The molecule has 1 saturated carbocycles. The lowest BCUT2D eigenvalue weighted by atomic mass is 10.0. The Morgan fingerprint density at radius 3 is 1.76 bits per heavy atom. The third-order valence-electron chi connectivity index (χ3n) is 7.13. The summed E-state index contributed by atoms with van der Waals surface area (Å²) in [6.07, 6.45) is 7.43. The molecule has 5 rings (SSSR count). The minimum atomic E-state index is -0.651. The molecule has 0 radical (unpaired) electrons. The van der Waals surface area contributed by atoms with Crippen LogP contribution in [0.4, 0.5) is 0 Å². The second-order valence-corrected chi connectivity index (χ2v) is 13.9. The number of furan rings is 2. The van der Waals surface area contributed by atoms with Crippen LogP contribution in [0.15, 0.2) is 94.2 Å². The van der Waals surface area contributed by atoms with Gasteiger partial charge in [0.15, 0.2) is 0 Å². The Labute approximate surface area is 199 Å². The van der Waals surface area contributed by atoms with E-state index in [0.717, 1.165) is 11.0 Å². The van der Waals surface area contributed by atoms with E-state index in [4.69, 9.17) is 8.83 Å². The van der Waals surface area contributed by atoms with Gasteiger partial charge in [0.1, 0.15) is 11.0 Å². The van der Waals surface area contributed by atoms with E-state index in [-0.39, 0.29) is 0 Å². The van der Waals surface area contributed by atoms with Gasteiger partial charge in [-0.05, 0) is 97.8 Å². The van der Waals surface area contributed by atoms with E-state index in [9.17, 15) is 0 Å². The third kappa shape index (κ3) is 4.49. The Bertz CT molecular complexity index is 1090. The number of hydrogen-bond acceptors (Lipinski definition) is 2. The molecular formula is C29H32O2P2. The zero-order valence-corrected chi connectivity index (χ0v) is 21.4. The highest BCUT2D eigenvalue weighted by Crippen LogP contribution is 2.56. The number of aryl methyl sites for hydroxylation is 2. The third-order valence-corrected chi connectivity index (χ3v) is 13.1. The molecule has 4 heteroatoms. The van der Waals surface area contributed by atoms with Crippen LogP contribution < -0.4 is 21.6 Å². The van der Waals surface area contributed by atoms with Crippen LogP contribution in [-0.2, 0) is 0 Å². The van der Waals surface area contributed by atoms with Gasteiger partial charge in [0.05, 0.1) is 12.5 Å². The summed E-state index contributed by atoms with van der Waals surface area (Å²) in [6.45, 7) is 7.08. The van der Waals surface area contributed by atoms with Gasteiger partial charge in [0, 0.05) is 7.92 Å². The van der Waals surface area contributed by atoms with Gasteiger partial charge >= 0.3 is 0 Å². The van der Waals surface area contributed by atoms with Gasteiger partial charge in [-0.15, -0.1) is 0 Å². The lowest BCUT2D eigenvalue weighted by molar-refractivity contribution is 0.540. The lowest BCUT2D eigenvalue weighted by Gasteiger charge is -2.36. The molecule has 2 aromatic heterocycles. The van der Waals surface area contributed by atoms with Crippen molar-refractivity contribution in [2.24, 2.45) is 5.92 Å². The lowest BCUT2D eigenvalue weighted by Crippen LogP contribution is -2.33. The summed E-state index contributed by atoms with van der Waals surface area (Å²) < 4.78 is 12.0. The average molecular weight is 475 g/mol. The zero-order valence-electron chi connectivity index (χ0n) is 19.6. The highest BCUT2D eigenvalue weighted by molar-refractivity contribution is 7.74. The fourth-order valence-corrected chi connectivity index (χ4v) is 11.9. The molecule has 2 heterocycles. The van der Waals surface area contributed by atoms with E-state index in [1.54, 1.807) is 0 Å². The van der Waals surface area contributed by atoms with E-state index in [2.05, 4.69) is 81.4 Å². The summed E-state index contributed by atoms with van der Waals surface area (Å²) in [5.41, 5.74) is 6.16. The maximum Gasteiger partial charge on any atom is 0.133 e. The standard InChI is InChI=1S/C29H32O2P2/c1-21-11-4-6-14-25(21)32(26-15-7-5-12-22(26)2)23(3)24-13-8-16-27(24)33(28-17-9-19-30-28)29-18-10-20-31-29/h4-7,9-12,14-15,17-20,23-24,27H,8,13,16H2,1-3H3/t23-,24?,27?/m1/s1. The first-order valence-corrected chi connectivity index (χ1v) is 14.7. The van der Waals surface area contributed by atoms with Crippen LogP contribution in [0.25, 0.3) is 0 Å². The van der Waals surface area contributed by atoms with Crippen LogP contribution in [-0.4, -0.2) is 11.3 Å². The molecule has 33 heavy (non-hydrogen) atoms. The molecule has 2 aromatic carbocycles. The Kier molecular flexibility index (Phi) is 6.86. The van der Waals surface area contributed by atoms with Crippen LogP contribution in [0, 0.1) is 19.8 Å². The minimum Gasteiger partial charge on any atom is -0.464 e.